The highest BCUT2D eigenvalue weighted by Gasteiger charge is 2.34. The number of carbonyl (C=O) groups excluding carboxylic acids is 2. The number of benzene rings is 1. The number of cyclic esters (lactones) is 1. The molecule has 0 aliphatic carbocycles. The summed E-state index contributed by atoms with van der Waals surface area (Å²) in [7, 11) is 0. The fourth-order valence-electron chi connectivity index (χ4n) is 2.31. The number of amides is 2. The van der Waals surface area contributed by atoms with Crippen molar-refractivity contribution >= 4 is 12.0 Å². The van der Waals surface area contributed by atoms with Gasteiger partial charge < -0.3 is 9.84 Å². The maximum atomic E-state index is 12.6. The van der Waals surface area contributed by atoms with Crippen LogP contribution in [0, 0.1) is 0 Å². The lowest BCUT2D eigenvalue weighted by atomic mass is 10.1. The van der Waals surface area contributed by atoms with Gasteiger partial charge in [-0.2, -0.15) is 13.2 Å². The molecule has 1 aromatic carbocycles. The van der Waals surface area contributed by atoms with Crippen LogP contribution in [0.25, 0.3) is 0 Å². The normalized spacial score (nSPS) is 14.6. The first-order valence-electron chi connectivity index (χ1n) is 9.77. The Kier molecular flexibility index (Phi) is 13.1. The molecule has 0 saturated carbocycles. The Morgan fingerprint density at radius 1 is 1.30 bits per heavy atom. The Balaban J connectivity index is 0.000000696. The molecular weight excluding hydrogens is 399 g/mol. The fourth-order valence-corrected chi connectivity index (χ4v) is 2.31. The number of carbonyl (C=O) groups is 2. The highest BCUT2D eigenvalue weighted by Crippen LogP contribution is 2.29. The minimum absolute atomic E-state index is 0.0113. The van der Waals surface area contributed by atoms with Crippen molar-refractivity contribution in [3.8, 4) is 0 Å². The molecule has 1 heterocycles. The lowest BCUT2D eigenvalue weighted by Gasteiger charge is -2.15. The molecule has 1 saturated heterocycles. The van der Waals surface area contributed by atoms with Crippen LogP contribution >= 0.6 is 0 Å². The van der Waals surface area contributed by atoms with E-state index in [1.54, 1.807) is 0 Å². The van der Waals surface area contributed by atoms with Crippen molar-refractivity contribution < 1.29 is 32.6 Å². The number of aliphatic hydroxyl groups excluding tert-OH is 1. The summed E-state index contributed by atoms with van der Waals surface area (Å²) in [5.41, 5.74) is 0.510. The van der Waals surface area contributed by atoms with Gasteiger partial charge in [0, 0.05) is 12.0 Å². The van der Waals surface area contributed by atoms with Gasteiger partial charge in [0.15, 0.2) is 0 Å². The van der Waals surface area contributed by atoms with Gasteiger partial charge in [0.05, 0.1) is 6.54 Å². The highest BCUT2D eigenvalue weighted by molar-refractivity contribution is 5.95. The number of hydrogen-bond acceptors (Lipinski definition) is 4. The molecular formula is C22H30F3NO4. The van der Waals surface area contributed by atoms with E-state index in [0.29, 0.717) is 4.90 Å². The Labute approximate surface area is 175 Å². The van der Waals surface area contributed by atoms with Gasteiger partial charge in [0.2, 0.25) is 0 Å². The lowest BCUT2D eigenvalue weighted by Crippen LogP contribution is -2.39. The predicted octanol–water partition coefficient (Wildman–Crippen LogP) is 5.06. The van der Waals surface area contributed by atoms with E-state index in [1.807, 2.05) is 19.9 Å². The molecule has 1 fully saturated rings. The van der Waals surface area contributed by atoms with Crippen molar-refractivity contribution in [2.75, 3.05) is 13.2 Å². The van der Waals surface area contributed by atoms with Gasteiger partial charge in [-0.15, -0.1) is 6.58 Å². The van der Waals surface area contributed by atoms with E-state index in [2.05, 4.69) is 42.5 Å². The zero-order valence-corrected chi connectivity index (χ0v) is 17.6. The minimum Gasteiger partial charge on any atom is -0.447 e. The quantitative estimate of drug-likeness (QED) is 0.642. The number of ether oxygens (including phenoxy) is 1. The monoisotopic (exact) mass is 429 g/mol. The van der Waals surface area contributed by atoms with Crippen molar-refractivity contribution in [3.63, 3.8) is 0 Å². The van der Waals surface area contributed by atoms with Gasteiger partial charge in [0.25, 0.3) is 5.91 Å². The van der Waals surface area contributed by atoms with E-state index < -0.39 is 42.7 Å². The van der Waals surface area contributed by atoms with E-state index in [4.69, 9.17) is 0 Å². The van der Waals surface area contributed by atoms with E-state index >= 15 is 0 Å². The molecule has 1 N–H and O–H groups in total. The highest BCUT2D eigenvalue weighted by atomic mass is 19.4. The number of hydrogen-bond donors (Lipinski definition) is 1. The van der Waals surface area contributed by atoms with E-state index in [1.165, 1.54) is 5.56 Å². The number of nitrogens with zero attached hydrogens (tertiary/aromatic N) is 1. The van der Waals surface area contributed by atoms with Crippen LogP contribution in [-0.2, 0) is 16.0 Å². The zero-order chi connectivity index (χ0) is 23.2. The summed E-state index contributed by atoms with van der Waals surface area (Å²) in [6.07, 6.45) is -5.19. The molecule has 0 radical (unpaired) electrons. The third-order valence-corrected chi connectivity index (χ3v) is 3.88. The smallest absolute Gasteiger partial charge is 0.416 e. The standard InChI is InChI=1S/C12H14F3NO4.C8H10.C2H6/c1-2-3-8(12(13,14)15)4-5-9(17)10(18)16-6-7-20-11(16)19;1-2-8-6-4-3-5-7-8;1-2/h2,4,9,17H,1,3,5-7H2;3-7H,2H2,1H3;1-2H3/b8-4+;;/t9-;;/m0../s1. The summed E-state index contributed by atoms with van der Waals surface area (Å²) in [4.78, 5) is 23.4. The zero-order valence-electron chi connectivity index (χ0n) is 17.6. The second-order valence-electron chi connectivity index (χ2n) is 5.91. The average Bonchev–Trinajstić information content (AvgIpc) is 3.17. The number of halogens is 3. The molecule has 8 heteroatoms. The van der Waals surface area contributed by atoms with Crippen molar-refractivity contribution in [1.29, 1.82) is 0 Å². The molecule has 168 valence electrons. The maximum absolute atomic E-state index is 12.6. The van der Waals surface area contributed by atoms with E-state index in [0.717, 1.165) is 18.6 Å². The molecule has 1 aliphatic heterocycles. The Bertz CT molecular complexity index is 687. The lowest BCUT2D eigenvalue weighted by molar-refractivity contribution is -0.136. The van der Waals surface area contributed by atoms with Crippen molar-refractivity contribution in [2.45, 2.75) is 52.3 Å². The van der Waals surface area contributed by atoms with Crippen LogP contribution in [0.2, 0.25) is 0 Å². The van der Waals surface area contributed by atoms with Crippen LogP contribution in [0.5, 0.6) is 0 Å². The number of alkyl halides is 3. The Morgan fingerprint density at radius 2 is 1.90 bits per heavy atom. The molecule has 0 spiro atoms. The number of imide groups is 1. The Morgan fingerprint density at radius 3 is 2.30 bits per heavy atom. The molecule has 2 rings (SSSR count). The summed E-state index contributed by atoms with van der Waals surface area (Å²) in [6, 6.07) is 10.5. The number of aliphatic hydroxyl groups is 1. The molecule has 1 aromatic rings. The van der Waals surface area contributed by atoms with E-state index in [9.17, 15) is 27.9 Å². The summed E-state index contributed by atoms with van der Waals surface area (Å²) in [5.74, 6) is -0.969. The second kappa shape index (κ2) is 14.4. The van der Waals surface area contributed by atoms with Gasteiger partial charge in [-0.25, -0.2) is 9.69 Å². The summed E-state index contributed by atoms with van der Waals surface area (Å²) >= 11 is 0. The van der Waals surface area contributed by atoms with Gasteiger partial charge >= 0.3 is 12.3 Å². The summed E-state index contributed by atoms with van der Waals surface area (Å²) < 4.78 is 42.2. The predicted molar refractivity (Wildman–Crippen MR) is 110 cm³/mol. The van der Waals surface area contributed by atoms with Gasteiger partial charge in [-0.05, 0) is 18.4 Å². The average molecular weight is 429 g/mol. The van der Waals surface area contributed by atoms with Crippen molar-refractivity contribution in [2.24, 2.45) is 0 Å². The number of aryl methyl sites for hydroxylation is 1. The fraction of sp³-hybridized carbons (Fsp3) is 0.455. The van der Waals surface area contributed by atoms with Crippen LogP contribution in [0.1, 0.15) is 39.2 Å². The van der Waals surface area contributed by atoms with Crippen LogP contribution < -0.4 is 0 Å². The topological polar surface area (TPSA) is 66.8 Å². The summed E-state index contributed by atoms with van der Waals surface area (Å²) in [5, 5.41) is 9.54. The molecule has 0 bridgehead atoms. The van der Waals surface area contributed by atoms with Gasteiger partial charge in [-0.3, -0.25) is 4.79 Å². The number of allylic oxidation sites excluding steroid dienone is 2. The van der Waals surface area contributed by atoms with Crippen molar-refractivity contribution in [1.82, 2.24) is 4.90 Å². The molecule has 30 heavy (non-hydrogen) atoms. The van der Waals surface area contributed by atoms with Crippen LogP contribution in [0.15, 0.2) is 54.6 Å². The largest absolute Gasteiger partial charge is 0.447 e. The van der Waals surface area contributed by atoms with E-state index in [-0.39, 0.29) is 13.2 Å². The number of rotatable bonds is 6. The molecule has 2 amide bonds. The molecule has 1 atom stereocenters. The first kappa shape index (κ1) is 27.4. The first-order valence-corrected chi connectivity index (χ1v) is 9.77. The minimum atomic E-state index is -4.55. The second-order valence-corrected chi connectivity index (χ2v) is 5.91. The summed E-state index contributed by atoms with van der Waals surface area (Å²) in [6.45, 7) is 9.37. The van der Waals surface area contributed by atoms with Crippen LogP contribution in [-0.4, -0.2) is 47.4 Å². The molecule has 0 aromatic heterocycles. The molecule has 5 nitrogen and oxygen atoms in total. The van der Waals surface area contributed by atoms with Gasteiger partial charge in [-0.1, -0.05) is 63.3 Å². The first-order chi connectivity index (χ1) is 14.2. The third kappa shape index (κ3) is 9.73. The van der Waals surface area contributed by atoms with Gasteiger partial charge in [0.1, 0.15) is 12.7 Å². The Hall–Kier alpha value is -2.61. The van der Waals surface area contributed by atoms with Crippen LogP contribution in [0.3, 0.4) is 0 Å². The maximum Gasteiger partial charge on any atom is 0.416 e. The SMILES string of the molecule is C=CC/C(=C\C[C@H](O)C(=O)N1CCOC1=O)C(F)(F)F.CC.CCc1ccccc1. The molecule has 0 unspecified atom stereocenters. The van der Waals surface area contributed by atoms with Crippen LogP contribution in [0.4, 0.5) is 18.0 Å². The molecule has 1 aliphatic rings. The third-order valence-electron chi connectivity index (χ3n) is 3.88. The van der Waals surface area contributed by atoms with Crippen molar-refractivity contribution in [3.05, 3.63) is 60.2 Å².